The van der Waals surface area contributed by atoms with Gasteiger partial charge in [-0.05, 0) is 59.3 Å². The largest absolute Gasteiger partial charge is 0.342 e. The minimum absolute atomic E-state index is 0.0963. The van der Waals surface area contributed by atoms with E-state index in [0.717, 1.165) is 33.8 Å². The van der Waals surface area contributed by atoms with Crippen molar-refractivity contribution in [3.05, 3.63) is 110 Å². The lowest BCUT2D eigenvalue weighted by Gasteiger charge is -2.12. The van der Waals surface area contributed by atoms with Gasteiger partial charge in [-0.1, -0.05) is 59.6 Å². The molecule has 0 radical (unpaired) electrons. The first-order valence-corrected chi connectivity index (χ1v) is 12.0. The predicted octanol–water partition coefficient (Wildman–Crippen LogP) is 7.37. The first-order chi connectivity index (χ1) is 16.4. The van der Waals surface area contributed by atoms with Crippen molar-refractivity contribution in [3.8, 4) is 0 Å². The van der Waals surface area contributed by atoms with E-state index in [1.807, 2.05) is 36.5 Å². The van der Waals surface area contributed by atoms with Crippen LogP contribution in [0.15, 0.2) is 77.8 Å². The van der Waals surface area contributed by atoms with Crippen molar-refractivity contribution in [2.24, 2.45) is 0 Å². The maximum atomic E-state index is 13.2. The summed E-state index contributed by atoms with van der Waals surface area (Å²) in [5, 5.41) is 1.76. The molecule has 1 saturated heterocycles. The molecule has 170 valence electrons. The second kappa shape index (κ2) is 9.29. The van der Waals surface area contributed by atoms with Gasteiger partial charge in [0.2, 0.25) is 0 Å². The number of para-hydroxylation sites is 1. The van der Waals surface area contributed by atoms with Crippen LogP contribution in [0, 0.1) is 5.82 Å². The highest BCUT2D eigenvalue weighted by Crippen LogP contribution is 2.35. The van der Waals surface area contributed by atoms with Crippen LogP contribution in [-0.4, -0.2) is 20.6 Å². The van der Waals surface area contributed by atoms with Crippen LogP contribution < -0.4 is 0 Å². The molecule has 1 aromatic heterocycles. The molecule has 0 saturated carbocycles. The van der Waals surface area contributed by atoms with Crippen molar-refractivity contribution in [1.29, 1.82) is 0 Å². The van der Waals surface area contributed by atoms with Gasteiger partial charge in [-0.15, -0.1) is 0 Å². The van der Waals surface area contributed by atoms with Crippen molar-refractivity contribution in [2.45, 2.75) is 13.1 Å². The fourth-order valence-corrected chi connectivity index (χ4v) is 5.20. The van der Waals surface area contributed by atoms with Crippen LogP contribution in [-0.2, 0) is 17.9 Å². The van der Waals surface area contributed by atoms with Gasteiger partial charge in [-0.3, -0.25) is 14.5 Å². The Morgan fingerprint density at radius 1 is 0.941 bits per heavy atom. The zero-order chi connectivity index (χ0) is 23.8. The number of thioether (sulfide) groups is 1. The van der Waals surface area contributed by atoms with Crippen LogP contribution in [0.2, 0.25) is 10.0 Å². The number of carbonyl (C=O) groups excluding carboxylic acids is 2. The standard InChI is InChI=1S/C26H17Cl2FN2O2S/c27-19-8-7-17(22(28)12-19)14-30-15-18(21-3-1-2-4-23(21)30)11-24-25(32)31(26(33)34-24)13-16-5-9-20(29)10-6-16/h1-12,15H,13-14H2/b24-11-. The number of rotatable bonds is 5. The van der Waals surface area contributed by atoms with E-state index in [2.05, 4.69) is 4.57 Å². The number of hydrogen-bond donors (Lipinski definition) is 0. The zero-order valence-electron chi connectivity index (χ0n) is 17.7. The molecule has 0 bridgehead atoms. The van der Waals surface area contributed by atoms with Gasteiger partial charge in [0.1, 0.15) is 5.82 Å². The molecule has 0 N–H and O–H groups in total. The number of amides is 2. The van der Waals surface area contributed by atoms with Gasteiger partial charge in [-0.25, -0.2) is 4.39 Å². The SMILES string of the molecule is O=C1S/C(=C\c2cn(Cc3ccc(Cl)cc3Cl)c3ccccc23)C(=O)N1Cc1ccc(F)cc1. The molecular weight excluding hydrogens is 494 g/mol. The highest BCUT2D eigenvalue weighted by molar-refractivity contribution is 8.18. The molecule has 34 heavy (non-hydrogen) atoms. The van der Waals surface area contributed by atoms with Gasteiger partial charge >= 0.3 is 0 Å². The van der Waals surface area contributed by atoms with E-state index < -0.39 is 0 Å². The Hall–Kier alpha value is -3.06. The zero-order valence-corrected chi connectivity index (χ0v) is 20.0. The monoisotopic (exact) mass is 510 g/mol. The van der Waals surface area contributed by atoms with Gasteiger partial charge < -0.3 is 4.57 Å². The number of imide groups is 1. The van der Waals surface area contributed by atoms with Crippen LogP contribution in [0.4, 0.5) is 9.18 Å². The average Bonchev–Trinajstić information content (AvgIpc) is 3.29. The lowest BCUT2D eigenvalue weighted by atomic mass is 10.1. The van der Waals surface area contributed by atoms with Crippen molar-refractivity contribution in [3.63, 3.8) is 0 Å². The maximum Gasteiger partial charge on any atom is 0.293 e. The minimum Gasteiger partial charge on any atom is -0.342 e. The normalized spacial score (nSPS) is 15.1. The summed E-state index contributed by atoms with van der Waals surface area (Å²) in [6.45, 7) is 0.621. The lowest BCUT2D eigenvalue weighted by Crippen LogP contribution is -2.27. The molecule has 1 aliphatic heterocycles. The van der Waals surface area contributed by atoms with Gasteiger partial charge in [-0.2, -0.15) is 0 Å². The highest BCUT2D eigenvalue weighted by atomic mass is 35.5. The van der Waals surface area contributed by atoms with E-state index in [9.17, 15) is 14.0 Å². The molecule has 0 unspecified atom stereocenters. The van der Waals surface area contributed by atoms with E-state index in [1.54, 1.807) is 30.3 Å². The van der Waals surface area contributed by atoms with Crippen molar-refractivity contribution < 1.29 is 14.0 Å². The molecule has 0 atom stereocenters. The Morgan fingerprint density at radius 2 is 1.71 bits per heavy atom. The highest BCUT2D eigenvalue weighted by Gasteiger charge is 2.35. The fraction of sp³-hybridized carbons (Fsp3) is 0.0769. The summed E-state index contributed by atoms with van der Waals surface area (Å²) in [4.78, 5) is 27.1. The van der Waals surface area contributed by atoms with Gasteiger partial charge in [0.15, 0.2) is 0 Å². The number of hydrogen-bond acceptors (Lipinski definition) is 3. The molecule has 8 heteroatoms. The Kier molecular flexibility index (Phi) is 6.21. The first kappa shape index (κ1) is 22.7. The molecule has 0 aliphatic carbocycles. The molecule has 1 fully saturated rings. The molecule has 4 aromatic rings. The quantitative estimate of drug-likeness (QED) is 0.263. The number of nitrogens with zero attached hydrogens (tertiary/aromatic N) is 2. The molecule has 3 aromatic carbocycles. The Bertz CT molecular complexity index is 1460. The van der Waals surface area contributed by atoms with Crippen LogP contribution in [0.3, 0.4) is 0 Å². The maximum absolute atomic E-state index is 13.2. The van der Waals surface area contributed by atoms with Crippen molar-refractivity contribution in [2.75, 3.05) is 0 Å². The third-order valence-electron chi connectivity index (χ3n) is 5.59. The Labute approximate surface area is 209 Å². The van der Waals surface area contributed by atoms with E-state index in [1.165, 1.54) is 17.0 Å². The Morgan fingerprint density at radius 3 is 2.47 bits per heavy atom. The summed E-state index contributed by atoms with van der Waals surface area (Å²) in [6.07, 6.45) is 3.70. The number of fused-ring (bicyclic) bond motifs is 1. The smallest absolute Gasteiger partial charge is 0.293 e. The van der Waals surface area contributed by atoms with Gasteiger partial charge in [0, 0.05) is 39.3 Å². The summed E-state index contributed by atoms with van der Waals surface area (Å²) >= 11 is 13.3. The minimum atomic E-state index is -0.367. The third kappa shape index (κ3) is 4.49. The summed E-state index contributed by atoms with van der Waals surface area (Å²) in [7, 11) is 0. The molecule has 0 spiro atoms. The number of benzene rings is 3. The predicted molar refractivity (Wildman–Crippen MR) is 135 cm³/mol. The van der Waals surface area contributed by atoms with Crippen LogP contribution >= 0.6 is 35.0 Å². The number of aromatic nitrogens is 1. The second-order valence-corrected chi connectivity index (χ2v) is 9.70. The average molecular weight is 511 g/mol. The summed E-state index contributed by atoms with van der Waals surface area (Å²) < 4.78 is 15.2. The topological polar surface area (TPSA) is 42.3 Å². The first-order valence-electron chi connectivity index (χ1n) is 10.4. The van der Waals surface area contributed by atoms with E-state index >= 15 is 0 Å². The van der Waals surface area contributed by atoms with E-state index in [0.29, 0.717) is 27.1 Å². The van der Waals surface area contributed by atoms with Crippen LogP contribution in [0.25, 0.3) is 17.0 Å². The van der Waals surface area contributed by atoms with Crippen LogP contribution in [0.1, 0.15) is 16.7 Å². The second-order valence-electron chi connectivity index (χ2n) is 7.86. The van der Waals surface area contributed by atoms with Gasteiger partial charge in [0.25, 0.3) is 11.1 Å². The number of halogens is 3. The third-order valence-corrected chi connectivity index (χ3v) is 7.08. The molecule has 4 nitrogen and oxygen atoms in total. The Balaban J connectivity index is 1.46. The fourth-order valence-electron chi connectivity index (χ4n) is 3.90. The molecule has 2 amide bonds. The van der Waals surface area contributed by atoms with Crippen molar-refractivity contribution in [1.82, 2.24) is 9.47 Å². The van der Waals surface area contributed by atoms with Gasteiger partial charge in [0.05, 0.1) is 11.4 Å². The molecule has 2 heterocycles. The summed E-state index contributed by atoms with van der Waals surface area (Å²) in [6, 6.07) is 19.0. The molecule has 5 rings (SSSR count). The van der Waals surface area contributed by atoms with E-state index in [-0.39, 0.29) is 23.5 Å². The summed E-state index contributed by atoms with van der Waals surface area (Å²) in [5.74, 6) is -0.731. The van der Waals surface area contributed by atoms with Crippen molar-refractivity contribution >= 4 is 63.1 Å². The number of carbonyl (C=O) groups is 2. The lowest BCUT2D eigenvalue weighted by molar-refractivity contribution is -0.123. The van der Waals surface area contributed by atoms with Crippen LogP contribution in [0.5, 0.6) is 0 Å². The summed E-state index contributed by atoms with van der Waals surface area (Å²) in [5.41, 5.74) is 3.40. The van der Waals surface area contributed by atoms with E-state index in [4.69, 9.17) is 23.2 Å². The molecule has 1 aliphatic rings. The molecular formula is C26H17Cl2FN2O2S.